The van der Waals surface area contributed by atoms with Gasteiger partial charge in [-0.15, -0.1) is 5.10 Å². The maximum absolute atomic E-state index is 11.7. The zero-order valence-electron chi connectivity index (χ0n) is 7.92. The Hall–Kier alpha value is -2.11. The Morgan fingerprint density at radius 2 is 2.00 bits per heavy atom. The molecule has 0 atom stereocenters. The number of alkyl halides is 1. The molecule has 0 saturated carbocycles. The van der Waals surface area contributed by atoms with Crippen LogP contribution in [0, 0.1) is 0 Å². The average Bonchev–Trinajstić information content (AvgIpc) is 2.32. The van der Waals surface area contributed by atoms with Crippen LogP contribution in [0.15, 0.2) is 36.8 Å². The molecule has 0 aliphatic heterocycles. The summed E-state index contributed by atoms with van der Waals surface area (Å²) in [5, 5.41) is 6.84. The predicted octanol–water partition coefficient (Wildman–Crippen LogP) is 1.00. The molecule has 0 aliphatic rings. The van der Waals surface area contributed by atoms with E-state index in [0.717, 1.165) is 0 Å². The fraction of sp³-hybridized carbons (Fsp3) is 0.111. The number of nitrogens with zero attached hydrogens (tertiary/aromatic N) is 4. The minimum absolute atomic E-state index is 0.211. The lowest BCUT2D eigenvalue weighted by atomic mass is 10.4. The van der Waals surface area contributed by atoms with Crippen molar-refractivity contribution in [3.63, 3.8) is 0 Å². The summed E-state index contributed by atoms with van der Waals surface area (Å²) in [6.07, 6.45) is 4.54. The highest BCUT2D eigenvalue weighted by molar-refractivity contribution is 5.07. The maximum atomic E-state index is 11.7. The second-order valence-electron chi connectivity index (χ2n) is 2.46. The van der Waals surface area contributed by atoms with E-state index in [1.165, 1.54) is 12.4 Å². The minimum Gasteiger partial charge on any atom is -0.366 e. The van der Waals surface area contributed by atoms with Gasteiger partial charge in [-0.3, -0.25) is 4.98 Å². The molecule has 2 aromatic heterocycles. The summed E-state index contributed by atoms with van der Waals surface area (Å²) < 4.78 is 11.7. The van der Waals surface area contributed by atoms with Crippen LogP contribution in [-0.4, -0.2) is 20.2 Å². The topological polar surface area (TPSA) is 77.6 Å². The Morgan fingerprint density at radius 3 is 2.33 bits per heavy atom. The monoisotopic (exact) mass is 207 g/mol. The van der Waals surface area contributed by atoms with E-state index in [-0.39, 0.29) is 5.95 Å². The Kier molecular flexibility index (Phi) is 4.65. The first-order valence-electron chi connectivity index (χ1n) is 4.18. The number of halogens is 1. The third-order valence-corrected chi connectivity index (χ3v) is 1.36. The lowest BCUT2D eigenvalue weighted by Crippen LogP contribution is -1.93. The molecule has 2 aromatic rings. The molecule has 0 bridgehead atoms. The molecule has 0 aromatic carbocycles. The molecule has 2 N–H and O–H groups in total. The van der Waals surface area contributed by atoms with Crippen LogP contribution in [0.3, 0.4) is 0 Å². The van der Waals surface area contributed by atoms with Crippen LogP contribution in [0.1, 0.15) is 5.69 Å². The SMILES string of the molecule is FCc1ccccn1.Nc1nccnn1. The van der Waals surface area contributed by atoms with Gasteiger partial charge in [0.1, 0.15) is 6.67 Å². The second kappa shape index (κ2) is 6.36. The van der Waals surface area contributed by atoms with Crippen molar-refractivity contribution < 1.29 is 4.39 Å². The first-order valence-corrected chi connectivity index (χ1v) is 4.18. The van der Waals surface area contributed by atoms with Crippen molar-refractivity contribution in [3.8, 4) is 0 Å². The quantitative estimate of drug-likeness (QED) is 0.754. The van der Waals surface area contributed by atoms with Gasteiger partial charge in [-0.2, -0.15) is 5.10 Å². The number of anilines is 1. The van der Waals surface area contributed by atoms with Crippen molar-refractivity contribution >= 4 is 5.95 Å². The first-order chi connectivity index (χ1) is 7.33. The molecule has 15 heavy (non-hydrogen) atoms. The second-order valence-corrected chi connectivity index (χ2v) is 2.46. The molecule has 0 fully saturated rings. The first kappa shape index (κ1) is 11.0. The third kappa shape index (κ3) is 4.61. The molecular formula is C9H10FN5. The van der Waals surface area contributed by atoms with Crippen molar-refractivity contribution in [3.05, 3.63) is 42.5 Å². The lowest BCUT2D eigenvalue weighted by molar-refractivity contribution is 0.476. The molecule has 0 saturated heterocycles. The highest BCUT2D eigenvalue weighted by Crippen LogP contribution is 1.93. The van der Waals surface area contributed by atoms with E-state index >= 15 is 0 Å². The molecular weight excluding hydrogens is 197 g/mol. The summed E-state index contributed by atoms with van der Waals surface area (Å²) in [5.41, 5.74) is 5.57. The van der Waals surface area contributed by atoms with Gasteiger partial charge in [0.15, 0.2) is 0 Å². The minimum atomic E-state index is -0.471. The van der Waals surface area contributed by atoms with Crippen molar-refractivity contribution in [2.75, 3.05) is 5.73 Å². The lowest BCUT2D eigenvalue weighted by Gasteiger charge is -1.86. The molecule has 2 rings (SSSR count). The van der Waals surface area contributed by atoms with Gasteiger partial charge in [0.05, 0.1) is 18.1 Å². The van der Waals surface area contributed by atoms with E-state index in [9.17, 15) is 4.39 Å². The smallest absolute Gasteiger partial charge is 0.240 e. The highest BCUT2D eigenvalue weighted by atomic mass is 19.1. The van der Waals surface area contributed by atoms with Crippen molar-refractivity contribution in [2.45, 2.75) is 6.67 Å². The van der Waals surface area contributed by atoms with Crippen LogP contribution in [0.5, 0.6) is 0 Å². The number of aromatic nitrogens is 4. The fourth-order valence-corrected chi connectivity index (χ4v) is 0.735. The van der Waals surface area contributed by atoms with Crippen LogP contribution >= 0.6 is 0 Å². The predicted molar refractivity (Wildman–Crippen MR) is 53.3 cm³/mol. The molecule has 6 heteroatoms. The summed E-state index contributed by atoms with van der Waals surface area (Å²) in [7, 11) is 0. The van der Waals surface area contributed by atoms with Crippen LogP contribution in [-0.2, 0) is 6.67 Å². The molecule has 2 heterocycles. The summed E-state index contributed by atoms with van der Waals surface area (Å²) in [4.78, 5) is 7.31. The van der Waals surface area contributed by atoms with Gasteiger partial charge >= 0.3 is 0 Å². The Balaban J connectivity index is 0.000000151. The number of nitrogens with two attached hydrogens (primary N) is 1. The zero-order chi connectivity index (χ0) is 10.9. The van der Waals surface area contributed by atoms with Crippen molar-refractivity contribution in [2.24, 2.45) is 0 Å². The van der Waals surface area contributed by atoms with E-state index in [0.29, 0.717) is 5.69 Å². The summed E-state index contributed by atoms with van der Waals surface area (Å²) in [6.45, 7) is -0.471. The average molecular weight is 207 g/mol. The molecule has 0 unspecified atom stereocenters. The van der Waals surface area contributed by atoms with Gasteiger partial charge in [0, 0.05) is 6.20 Å². The van der Waals surface area contributed by atoms with Crippen molar-refractivity contribution in [1.82, 2.24) is 20.2 Å². The Labute approximate surface area is 86.2 Å². The number of nitrogen functional groups attached to an aromatic ring is 1. The number of hydrogen-bond donors (Lipinski definition) is 1. The number of pyridine rings is 1. The standard InChI is InChI=1S/C6H6FN.C3H4N4/c7-5-6-3-1-2-4-8-6;4-3-5-1-2-6-7-3/h1-4H,5H2;1-2H,(H2,4,5,7). The fourth-order valence-electron chi connectivity index (χ4n) is 0.735. The molecule has 5 nitrogen and oxygen atoms in total. The highest BCUT2D eigenvalue weighted by Gasteiger charge is 1.84. The van der Waals surface area contributed by atoms with Gasteiger partial charge in [0.2, 0.25) is 5.95 Å². The van der Waals surface area contributed by atoms with Gasteiger partial charge in [0.25, 0.3) is 0 Å². The Bertz CT molecular complexity index is 367. The van der Waals surface area contributed by atoms with Crippen LogP contribution in [0.4, 0.5) is 10.3 Å². The van der Waals surface area contributed by atoms with Crippen LogP contribution in [0.2, 0.25) is 0 Å². The summed E-state index contributed by atoms with van der Waals surface area (Å²) >= 11 is 0. The van der Waals surface area contributed by atoms with Gasteiger partial charge in [-0.25, -0.2) is 9.37 Å². The van der Waals surface area contributed by atoms with Crippen molar-refractivity contribution in [1.29, 1.82) is 0 Å². The Morgan fingerprint density at radius 1 is 1.13 bits per heavy atom. The van der Waals surface area contributed by atoms with Crippen LogP contribution < -0.4 is 5.73 Å². The molecule has 0 amide bonds. The van der Waals surface area contributed by atoms with E-state index < -0.39 is 6.67 Å². The van der Waals surface area contributed by atoms with Gasteiger partial charge < -0.3 is 5.73 Å². The van der Waals surface area contributed by atoms with E-state index in [4.69, 9.17) is 5.73 Å². The van der Waals surface area contributed by atoms with Gasteiger partial charge in [-0.05, 0) is 12.1 Å². The molecule has 78 valence electrons. The molecule has 0 radical (unpaired) electrons. The normalized spacial score (nSPS) is 8.87. The summed E-state index contributed by atoms with van der Waals surface area (Å²) in [6, 6.07) is 5.18. The van der Waals surface area contributed by atoms with E-state index in [1.54, 1.807) is 24.4 Å². The van der Waals surface area contributed by atoms with Crippen LogP contribution in [0.25, 0.3) is 0 Å². The number of rotatable bonds is 1. The maximum Gasteiger partial charge on any atom is 0.240 e. The molecule has 0 aliphatic carbocycles. The zero-order valence-corrected chi connectivity index (χ0v) is 7.92. The molecule has 0 spiro atoms. The summed E-state index contributed by atoms with van der Waals surface area (Å²) in [5.74, 6) is 0.211. The van der Waals surface area contributed by atoms with E-state index in [1.807, 2.05) is 0 Å². The number of hydrogen-bond acceptors (Lipinski definition) is 5. The van der Waals surface area contributed by atoms with E-state index in [2.05, 4.69) is 20.2 Å². The van der Waals surface area contributed by atoms with Gasteiger partial charge in [-0.1, -0.05) is 6.07 Å². The largest absolute Gasteiger partial charge is 0.366 e. The third-order valence-electron chi connectivity index (χ3n) is 1.36.